The molecule has 1 atom stereocenters. The van der Waals surface area contributed by atoms with E-state index in [1.807, 2.05) is 0 Å². The van der Waals surface area contributed by atoms with Crippen LogP contribution in [-0.2, 0) is 11.3 Å². The molecule has 20 heavy (non-hydrogen) atoms. The number of anilines is 1. The van der Waals surface area contributed by atoms with E-state index in [-0.39, 0.29) is 5.54 Å². The predicted octanol–water partition coefficient (Wildman–Crippen LogP) is 3.11. The van der Waals surface area contributed by atoms with E-state index in [1.54, 1.807) is 0 Å². The number of hydrogen-bond donors (Lipinski definition) is 1. The minimum atomic E-state index is 0.137. The van der Waals surface area contributed by atoms with Gasteiger partial charge in [-0.05, 0) is 46.2 Å². The van der Waals surface area contributed by atoms with Crippen molar-refractivity contribution in [3.63, 3.8) is 0 Å². The molecule has 0 saturated carbocycles. The zero-order chi connectivity index (χ0) is 14.8. The number of morpholine rings is 1. The highest BCUT2D eigenvalue weighted by molar-refractivity contribution is 5.56. The molecule has 0 radical (unpaired) electrons. The quantitative estimate of drug-likeness (QED) is 0.918. The Balaban J connectivity index is 2.23. The molecule has 3 nitrogen and oxygen atoms in total. The lowest BCUT2D eigenvalue weighted by molar-refractivity contribution is 0.0988. The number of nitrogens with zero attached hydrogens (tertiary/aromatic N) is 1. The lowest BCUT2D eigenvalue weighted by atomic mass is 10.0. The smallest absolute Gasteiger partial charge is 0.0668 e. The molecule has 1 fully saturated rings. The third-order valence-electron chi connectivity index (χ3n) is 3.72. The van der Waals surface area contributed by atoms with Crippen molar-refractivity contribution in [3.05, 3.63) is 29.3 Å². The topological polar surface area (TPSA) is 24.5 Å². The Morgan fingerprint density at radius 1 is 1.35 bits per heavy atom. The summed E-state index contributed by atoms with van der Waals surface area (Å²) in [6.45, 7) is 14.5. The molecule has 1 aromatic rings. The molecule has 0 aliphatic carbocycles. The highest BCUT2D eigenvalue weighted by Gasteiger charge is 2.21. The first-order chi connectivity index (χ1) is 9.37. The molecular weight excluding hydrogens is 248 g/mol. The van der Waals surface area contributed by atoms with E-state index in [2.05, 4.69) is 63.0 Å². The summed E-state index contributed by atoms with van der Waals surface area (Å²) in [5.41, 5.74) is 4.19. The minimum absolute atomic E-state index is 0.137. The first kappa shape index (κ1) is 15.3. The van der Waals surface area contributed by atoms with Gasteiger partial charge in [0.1, 0.15) is 0 Å². The maximum atomic E-state index is 5.55. The zero-order valence-corrected chi connectivity index (χ0v) is 13.5. The Hall–Kier alpha value is -1.06. The molecule has 1 aliphatic heterocycles. The second-order valence-corrected chi connectivity index (χ2v) is 6.85. The number of ether oxygens (including phenoxy) is 1. The zero-order valence-electron chi connectivity index (χ0n) is 13.5. The molecule has 3 heteroatoms. The standard InChI is InChI=1S/C17H28N2O/c1-13-6-7-16(19-8-9-20-12-14(19)2)15(10-13)11-18-17(3,4)5/h6-7,10,14,18H,8-9,11-12H2,1-5H3. The third kappa shape index (κ3) is 3.97. The lowest BCUT2D eigenvalue weighted by Crippen LogP contribution is -2.44. The number of benzene rings is 1. The molecular formula is C17H28N2O. The first-order valence-corrected chi connectivity index (χ1v) is 7.56. The van der Waals surface area contributed by atoms with Crippen molar-refractivity contribution in [2.75, 3.05) is 24.7 Å². The summed E-state index contributed by atoms with van der Waals surface area (Å²) in [6, 6.07) is 7.21. The summed E-state index contributed by atoms with van der Waals surface area (Å²) < 4.78 is 5.55. The highest BCUT2D eigenvalue weighted by atomic mass is 16.5. The van der Waals surface area contributed by atoms with Crippen LogP contribution in [0.2, 0.25) is 0 Å². The van der Waals surface area contributed by atoms with Gasteiger partial charge in [0.15, 0.2) is 0 Å². The van der Waals surface area contributed by atoms with E-state index >= 15 is 0 Å². The number of nitrogens with one attached hydrogen (secondary N) is 1. The maximum Gasteiger partial charge on any atom is 0.0668 e. The van der Waals surface area contributed by atoms with Crippen molar-refractivity contribution in [1.29, 1.82) is 0 Å². The first-order valence-electron chi connectivity index (χ1n) is 7.56. The Bertz CT molecular complexity index is 451. The Morgan fingerprint density at radius 3 is 2.75 bits per heavy atom. The van der Waals surface area contributed by atoms with Gasteiger partial charge in [0.2, 0.25) is 0 Å². The van der Waals surface area contributed by atoms with Crippen LogP contribution in [0.3, 0.4) is 0 Å². The van der Waals surface area contributed by atoms with Gasteiger partial charge in [-0.1, -0.05) is 17.7 Å². The molecule has 0 aromatic heterocycles. The van der Waals surface area contributed by atoms with Gasteiger partial charge in [0, 0.05) is 30.4 Å². The van der Waals surface area contributed by atoms with Crippen LogP contribution in [0.15, 0.2) is 18.2 Å². The van der Waals surface area contributed by atoms with E-state index in [0.29, 0.717) is 6.04 Å². The average molecular weight is 276 g/mol. The summed E-state index contributed by atoms with van der Waals surface area (Å²) in [7, 11) is 0. The van der Waals surface area contributed by atoms with Gasteiger partial charge in [-0.2, -0.15) is 0 Å². The van der Waals surface area contributed by atoms with Crippen LogP contribution in [0.4, 0.5) is 5.69 Å². The maximum absolute atomic E-state index is 5.55. The summed E-state index contributed by atoms with van der Waals surface area (Å²) >= 11 is 0. The van der Waals surface area contributed by atoms with Crippen LogP contribution in [0.1, 0.15) is 38.8 Å². The second kappa shape index (κ2) is 6.15. The van der Waals surface area contributed by atoms with Crippen molar-refractivity contribution >= 4 is 5.69 Å². The van der Waals surface area contributed by atoms with Crippen molar-refractivity contribution in [1.82, 2.24) is 5.32 Å². The van der Waals surface area contributed by atoms with Crippen molar-refractivity contribution in [2.45, 2.75) is 52.7 Å². The molecule has 1 heterocycles. The second-order valence-electron chi connectivity index (χ2n) is 6.85. The van der Waals surface area contributed by atoms with Crippen LogP contribution in [0, 0.1) is 6.92 Å². The molecule has 1 N–H and O–H groups in total. The van der Waals surface area contributed by atoms with Crippen molar-refractivity contribution in [3.8, 4) is 0 Å². The summed E-state index contributed by atoms with van der Waals surface area (Å²) in [6.07, 6.45) is 0. The van der Waals surface area contributed by atoms with Gasteiger partial charge in [-0.25, -0.2) is 0 Å². The van der Waals surface area contributed by atoms with Crippen LogP contribution < -0.4 is 10.2 Å². The van der Waals surface area contributed by atoms with E-state index in [4.69, 9.17) is 4.74 Å². The molecule has 0 amide bonds. The normalized spacial score (nSPS) is 20.2. The average Bonchev–Trinajstić information content (AvgIpc) is 2.37. The fraction of sp³-hybridized carbons (Fsp3) is 0.647. The van der Waals surface area contributed by atoms with E-state index in [0.717, 1.165) is 26.3 Å². The molecule has 1 unspecified atom stereocenters. The number of hydrogen-bond acceptors (Lipinski definition) is 3. The molecule has 2 rings (SSSR count). The lowest BCUT2D eigenvalue weighted by Gasteiger charge is -2.37. The van der Waals surface area contributed by atoms with Gasteiger partial charge in [0.05, 0.1) is 13.2 Å². The van der Waals surface area contributed by atoms with Crippen LogP contribution in [0.5, 0.6) is 0 Å². The fourth-order valence-electron chi connectivity index (χ4n) is 2.58. The fourth-order valence-corrected chi connectivity index (χ4v) is 2.58. The third-order valence-corrected chi connectivity index (χ3v) is 3.72. The van der Waals surface area contributed by atoms with E-state index in [1.165, 1.54) is 16.8 Å². The largest absolute Gasteiger partial charge is 0.377 e. The monoisotopic (exact) mass is 276 g/mol. The van der Waals surface area contributed by atoms with Crippen LogP contribution in [0.25, 0.3) is 0 Å². The predicted molar refractivity (Wildman–Crippen MR) is 85.4 cm³/mol. The molecule has 112 valence electrons. The SMILES string of the molecule is Cc1ccc(N2CCOCC2C)c(CNC(C)(C)C)c1. The highest BCUT2D eigenvalue weighted by Crippen LogP contribution is 2.26. The number of aryl methyl sites for hydroxylation is 1. The summed E-state index contributed by atoms with van der Waals surface area (Å²) in [4.78, 5) is 2.47. The molecule has 1 aliphatic rings. The molecule has 1 aromatic carbocycles. The van der Waals surface area contributed by atoms with Crippen LogP contribution in [-0.4, -0.2) is 31.3 Å². The minimum Gasteiger partial charge on any atom is -0.377 e. The summed E-state index contributed by atoms with van der Waals surface area (Å²) in [5.74, 6) is 0. The Labute approximate surface area is 123 Å². The van der Waals surface area contributed by atoms with Crippen molar-refractivity contribution in [2.24, 2.45) is 0 Å². The molecule has 0 spiro atoms. The Kier molecular flexibility index (Phi) is 4.71. The summed E-state index contributed by atoms with van der Waals surface area (Å²) in [5, 5.41) is 3.60. The van der Waals surface area contributed by atoms with Gasteiger partial charge < -0.3 is 15.0 Å². The van der Waals surface area contributed by atoms with Gasteiger partial charge in [-0.15, -0.1) is 0 Å². The van der Waals surface area contributed by atoms with Gasteiger partial charge in [-0.3, -0.25) is 0 Å². The van der Waals surface area contributed by atoms with Crippen LogP contribution >= 0.6 is 0 Å². The Morgan fingerprint density at radius 2 is 2.10 bits per heavy atom. The van der Waals surface area contributed by atoms with E-state index < -0.39 is 0 Å². The molecule has 0 bridgehead atoms. The van der Waals surface area contributed by atoms with Crippen molar-refractivity contribution < 1.29 is 4.74 Å². The van der Waals surface area contributed by atoms with Gasteiger partial charge >= 0.3 is 0 Å². The van der Waals surface area contributed by atoms with Gasteiger partial charge in [0.25, 0.3) is 0 Å². The number of rotatable bonds is 3. The molecule has 1 saturated heterocycles. The van der Waals surface area contributed by atoms with E-state index in [9.17, 15) is 0 Å².